The number of carbonyl (C=O) groups is 1. The molecule has 34 heavy (non-hydrogen) atoms. The van der Waals surface area contributed by atoms with Crippen molar-refractivity contribution >= 4 is 32.8 Å². The van der Waals surface area contributed by atoms with E-state index >= 15 is 4.39 Å². The second-order valence-electron chi connectivity index (χ2n) is 7.90. The van der Waals surface area contributed by atoms with Gasteiger partial charge < -0.3 is 4.74 Å². The molecule has 0 aliphatic rings. The Balaban J connectivity index is 1.93. The van der Waals surface area contributed by atoms with Crippen molar-refractivity contribution in [2.45, 2.75) is 12.5 Å². The highest BCUT2D eigenvalue weighted by Crippen LogP contribution is 2.44. The molecule has 5 aromatic rings. The Morgan fingerprint density at radius 3 is 1.76 bits per heavy atom. The zero-order valence-corrected chi connectivity index (χ0v) is 19.9. The zero-order chi connectivity index (χ0) is 23.7. The van der Waals surface area contributed by atoms with Crippen molar-refractivity contribution in [3.05, 3.63) is 130 Å². The molecule has 1 aromatic heterocycles. The number of aromatic nitrogens is 2. The maximum atomic E-state index is 15.1. The van der Waals surface area contributed by atoms with Crippen LogP contribution in [0.15, 0.2) is 108 Å². The smallest absolute Gasteiger partial charge is 0.308 e. The predicted octanol–water partition coefficient (Wildman–Crippen LogP) is 6.70. The summed E-state index contributed by atoms with van der Waals surface area (Å²) >= 11 is 3.56. The zero-order valence-electron chi connectivity index (χ0n) is 18.3. The molecule has 0 bridgehead atoms. The number of benzene rings is 4. The minimum Gasteiger partial charge on any atom is -0.424 e. The van der Waals surface area contributed by atoms with Crippen LogP contribution >= 0.6 is 15.9 Å². The molecule has 1 heterocycles. The van der Waals surface area contributed by atoms with Crippen molar-refractivity contribution in [1.82, 2.24) is 9.78 Å². The van der Waals surface area contributed by atoms with E-state index in [9.17, 15) is 4.79 Å². The summed E-state index contributed by atoms with van der Waals surface area (Å²) in [5.74, 6) is -1.36. The molecular formula is C28H20BrFN2O2. The molecule has 6 heteroatoms. The molecular weight excluding hydrogens is 495 g/mol. The molecule has 0 radical (unpaired) electrons. The van der Waals surface area contributed by atoms with E-state index in [4.69, 9.17) is 9.84 Å². The maximum absolute atomic E-state index is 15.1. The van der Waals surface area contributed by atoms with Crippen molar-refractivity contribution in [2.75, 3.05) is 0 Å². The average molecular weight is 515 g/mol. The van der Waals surface area contributed by atoms with E-state index in [0.29, 0.717) is 15.5 Å². The Morgan fingerprint density at radius 2 is 1.32 bits per heavy atom. The molecule has 0 aliphatic heterocycles. The molecule has 0 spiro atoms. The van der Waals surface area contributed by atoms with E-state index < -0.39 is 17.3 Å². The third-order valence-corrected chi connectivity index (χ3v) is 6.42. The molecule has 0 fully saturated rings. The van der Waals surface area contributed by atoms with Gasteiger partial charge in [0.25, 0.3) is 0 Å². The second kappa shape index (κ2) is 8.88. The summed E-state index contributed by atoms with van der Waals surface area (Å²) < 4.78 is 22.6. The Labute approximate surface area is 204 Å². The average Bonchev–Trinajstić information content (AvgIpc) is 3.17. The minimum atomic E-state index is -0.899. The Hall–Kier alpha value is -3.77. The molecule has 0 aliphatic carbocycles. The van der Waals surface area contributed by atoms with Gasteiger partial charge in [0.2, 0.25) is 0 Å². The fourth-order valence-electron chi connectivity index (χ4n) is 4.47. The number of rotatable bonds is 5. The molecule has 0 N–H and O–H groups in total. The van der Waals surface area contributed by atoms with Crippen LogP contribution in [0.25, 0.3) is 10.9 Å². The van der Waals surface area contributed by atoms with Crippen LogP contribution in [0.2, 0.25) is 0 Å². The van der Waals surface area contributed by atoms with E-state index in [1.807, 2.05) is 95.7 Å². The van der Waals surface area contributed by atoms with E-state index in [0.717, 1.165) is 16.7 Å². The molecule has 0 saturated heterocycles. The van der Waals surface area contributed by atoms with Crippen molar-refractivity contribution < 1.29 is 13.9 Å². The van der Waals surface area contributed by atoms with Gasteiger partial charge in [-0.05, 0) is 38.7 Å². The quantitative estimate of drug-likeness (QED) is 0.149. The highest BCUT2D eigenvalue weighted by molar-refractivity contribution is 9.10. The highest BCUT2D eigenvalue weighted by atomic mass is 79.9. The summed E-state index contributed by atoms with van der Waals surface area (Å²) in [7, 11) is 0. The fraction of sp³-hybridized carbons (Fsp3) is 0.0714. The lowest BCUT2D eigenvalue weighted by Crippen LogP contribution is -2.38. The van der Waals surface area contributed by atoms with Gasteiger partial charge in [-0.1, -0.05) is 91.0 Å². The Bertz CT molecular complexity index is 1370. The van der Waals surface area contributed by atoms with Crippen LogP contribution in [0.1, 0.15) is 23.6 Å². The number of hydrogen-bond donors (Lipinski definition) is 0. The van der Waals surface area contributed by atoms with E-state index in [1.165, 1.54) is 19.1 Å². The first kappa shape index (κ1) is 22.0. The molecule has 0 amide bonds. The van der Waals surface area contributed by atoms with Gasteiger partial charge in [-0.25, -0.2) is 9.07 Å². The van der Waals surface area contributed by atoms with E-state index in [2.05, 4.69) is 15.9 Å². The summed E-state index contributed by atoms with van der Waals surface area (Å²) in [6, 6.07) is 32.9. The van der Waals surface area contributed by atoms with Crippen molar-refractivity contribution in [3.8, 4) is 5.75 Å². The molecule has 0 atom stereocenters. The van der Waals surface area contributed by atoms with Crippen LogP contribution in [0, 0.1) is 5.82 Å². The SMILES string of the molecule is CC(=O)Oc1cc2c(Br)nn(C(c3ccccc3)(c3ccccc3)c3ccccc3)c2cc1F. The lowest BCUT2D eigenvalue weighted by atomic mass is 9.77. The number of carbonyl (C=O) groups excluding carboxylic acids is 1. The number of hydrogen-bond acceptors (Lipinski definition) is 3. The van der Waals surface area contributed by atoms with Gasteiger partial charge in [-0.2, -0.15) is 5.10 Å². The van der Waals surface area contributed by atoms with E-state index in [-0.39, 0.29) is 5.75 Å². The van der Waals surface area contributed by atoms with Crippen LogP contribution in [-0.2, 0) is 10.3 Å². The van der Waals surface area contributed by atoms with Crippen molar-refractivity contribution in [3.63, 3.8) is 0 Å². The van der Waals surface area contributed by atoms with Gasteiger partial charge in [0.1, 0.15) is 10.1 Å². The first-order valence-corrected chi connectivity index (χ1v) is 11.5. The van der Waals surface area contributed by atoms with Gasteiger partial charge in [0.15, 0.2) is 11.6 Å². The standard InChI is InChI=1S/C28H20BrFN2O2/c1-19(33)34-26-17-23-25(18-24(26)30)32(31-27(23)29)28(20-11-5-2-6-12-20,21-13-7-3-8-14-21)22-15-9-4-10-16-22/h2-18H,1H3. The van der Waals surface area contributed by atoms with Crippen LogP contribution in [-0.4, -0.2) is 15.7 Å². The van der Waals surface area contributed by atoms with Gasteiger partial charge >= 0.3 is 5.97 Å². The summed E-state index contributed by atoms with van der Waals surface area (Å²) in [6.07, 6.45) is 0. The molecule has 0 saturated carbocycles. The number of ether oxygens (including phenoxy) is 1. The van der Waals surface area contributed by atoms with Gasteiger partial charge in [-0.15, -0.1) is 0 Å². The summed E-state index contributed by atoms with van der Waals surface area (Å²) in [5, 5.41) is 5.51. The normalized spacial score (nSPS) is 11.5. The van der Waals surface area contributed by atoms with Crippen molar-refractivity contribution in [1.29, 1.82) is 0 Å². The van der Waals surface area contributed by atoms with Gasteiger partial charge in [0.05, 0.1) is 5.52 Å². The van der Waals surface area contributed by atoms with Crippen LogP contribution in [0.4, 0.5) is 4.39 Å². The molecule has 168 valence electrons. The lowest BCUT2D eigenvalue weighted by molar-refractivity contribution is -0.132. The first-order chi connectivity index (χ1) is 16.5. The molecule has 5 rings (SSSR count). The van der Waals surface area contributed by atoms with Crippen LogP contribution in [0.3, 0.4) is 0 Å². The third-order valence-electron chi connectivity index (χ3n) is 5.83. The number of nitrogens with zero attached hydrogens (tertiary/aromatic N) is 2. The topological polar surface area (TPSA) is 44.1 Å². The predicted molar refractivity (Wildman–Crippen MR) is 133 cm³/mol. The Kier molecular flexibility index (Phi) is 5.75. The summed E-state index contributed by atoms with van der Waals surface area (Å²) in [5.41, 5.74) is 2.55. The van der Waals surface area contributed by atoms with E-state index in [1.54, 1.807) is 0 Å². The fourth-order valence-corrected chi connectivity index (χ4v) is 4.95. The van der Waals surface area contributed by atoms with Crippen LogP contribution in [0.5, 0.6) is 5.75 Å². The maximum Gasteiger partial charge on any atom is 0.308 e. The second-order valence-corrected chi connectivity index (χ2v) is 8.66. The summed E-state index contributed by atoms with van der Waals surface area (Å²) in [4.78, 5) is 11.5. The Morgan fingerprint density at radius 1 is 0.853 bits per heavy atom. The number of halogens is 2. The van der Waals surface area contributed by atoms with Crippen molar-refractivity contribution in [2.24, 2.45) is 0 Å². The van der Waals surface area contributed by atoms with Crippen LogP contribution < -0.4 is 4.74 Å². The summed E-state index contributed by atoms with van der Waals surface area (Å²) in [6.45, 7) is 1.24. The molecule has 0 unspecified atom stereocenters. The minimum absolute atomic E-state index is 0.134. The molecule has 4 aromatic carbocycles. The molecule has 4 nitrogen and oxygen atoms in total. The highest BCUT2D eigenvalue weighted by Gasteiger charge is 2.41. The van der Waals surface area contributed by atoms with Gasteiger partial charge in [0, 0.05) is 18.4 Å². The first-order valence-electron chi connectivity index (χ1n) is 10.7. The number of fused-ring (bicyclic) bond motifs is 1. The number of esters is 1. The van der Waals surface area contributed by atoms with Gasteiger partial charge in [-0.3, -0.25) is 4.79 Å². The monoisotopic (exact) mass is 514 g/mol. The lowest BCUT2D eigenvalue weighted by Gasteiger charge is -2.37. The largest absolute Gasteiger partial charge is 0.424 e. The third kappa shape index (κ3) is 3.60.